The molecule has 0 unspecified atom stereocenters. The van der Waals surface area contributed by atoms with Crippen molar-refractivity contribution in [2.45, 2.75) is 212 Å². The van der Waals surface area contributed by atoms with E-state index in [4.69, 9.17) is 37.9 Å². The molecule has 0 spiro atoms. The molecule has 5 aliphatic rings. The van der Waals surface area contributed by atoms with Crippen LogP contribution in [0.15, 0.2) is 47.6 Å². The van der Waals surface area contributed by atoms with Crippen LogP contribution in [0.4, 0.5) is 0 Å². The predicted octanol–water partition coefficient (Wildman–Crippen LogP) is 6.79. The van der Waals surface area contributed by atoms with Crippen molar-refractivity contribution in [2.75, 3.05) is 80.5 Å². The fourth-order valence-electron chi connectivity index (χ4n) is 13.1. The molecule has 86 heavy (non-hydrogen) atoms. The van der Waals surface area contributed by atoms with Gasteiger partial charge in [-0.2, -0.15) is 0 Å². The number of Topliss-reactive ketones (excluding diaryl/α,β-unsaturated/α-hetero) is 2. The number of carbonyl (C=O) groups excluding carboxylic acids is 6. The lowest BCUT2D eigenvalue weighted by Gasteiger charge is -2.43. The predicted molar refractivity (Wildman–Crippen MR) is 324 cm³/mol. The molecule has 0 radical (unpaired) electrons. The van der Waals surface area contributed by atoms with E-state index < -0.39 is 96.1 Å². The molecule has 20 nitrogen and oxygen atoms in total. The summed E-state index contributed by atoms with van der Waals surface area (Å²) in [6.07, 6.45) is 12.0. The number of allylic oxidation sites excluding steroid dienone is 5. The van der Waals surface area contributed by atoms with Crippen molar-refractivity contribution in [3.05, 3.63) is 47.6 Å². The summed E-state index contributed by atoms with van der Waals surface area (Å²) in [6.45, 7) is 19.0. The first-order chi connectivity index (χ1) is 41.0. The second kappa shape index (κ2) is 36.4. The van der Waals surface area contributed by atoms with E-state index in [-0.39, 0.29) is 73.7 Å². The van der Waals surface area contributed by atoms with Gasteiger partial charge in [0.05, 0.1) is 50.8 Å². The maximum atomic E-state index is 14.7. The van der Waals surface area contributed by atoms with Gasteiger partial charge in [0, 0.05) is 78.0 Å². The van der Waals surface area contributed by atoms with Crippen LogP contribution in [0, 0.1) is 41.4 Å². The maximum Gasteiger partial charge on any atom is 0.329 e. The van der Waals surface area contributed by atoms with Gasteiger partial charge in [0.15, 0.2) is 5.78 Å². The van der Waals surface area contributed by atoms with Gasteiger partial charge in [0.2, 0.25) is 11.7 Å². The first-order valence-corrected chi connectivity index (χ1v) is 32.0. The molecule has 5 rings (SSSR count). The zero-order valence-electron chi connectivity index (χ0n) is 53.6. The van der Waals surface area contributed by atoms with Gasteiger partial charge in [-0.05, 0) is 146 Å². The quantitative estimate of drug-likeness (QED) is 0.0477. The Morgan fingerprint density at radius 2 is 1.52 bits per heavy atom. The number of likely N-dealkylation sites (tertiary alicyclic amines) is 1. The molecule has 20 heteroatoms. The van der Waals surface area contributed by atoms with E-state index in [9.17, 15) is 44.1 Å². The van der Waals surface area contributed by atoms with Crippen LogP contribution in [0.3, 0.4) is 0 Å². The van der Waals surface area contributed by atoms with E-state index in [1.807, 2.05) is 65.0 Å². The number of amides is 2. The summed E-state index contributed by atoms with van der Waals surface area (Å²) < 4.78 is 47.0. The van der Waals surface area contributed by atoms with Crippen LogP contribution in [0.2, 0.25) is 0 Å². The molecule has 0 aromatic rings. The molecule has 1 aliphatic carbocycles. The number of ketones is 2. The summed E-state index contributed by atoms with van der Waals surface area (Å²) >= 11 is 0. The van der Waals surface area contributed by atoms with Crippen molar-refractivity contribution in [1.82, 2.24) is 15.1 Å². The summed E-state index contributed by atoms with van der Waals surface area (Å²) in [5.41, 5.74) is 1.30. The number of carbonyl (C=O) groups is 6. The third-order valence-corrected chi connectivity index (χ3v) is 18.6. The Morgan fingerprint density at radius 3 is 2.22 bits per heavy atom. The van der Waals surface area contributed by atoms with Gasteiger partial charge in [-0.3, -0.25) is 28.9 Å². The molecular formula is C66H107N3O17. The van der Waals surface area contributed by atoms with E-state index in [0.29, 0.717) is 116 Å². The number of ether oxygens (including phenoxy) is 8. The van der Waals surface area contributed by atoms with Crippen LogP contribution in [0.1, 0.15) is 152 Å². The Hall–Kier alpha value is -4.22. The molecular weight excluding hydrogens is 1110 g/mol. The van der Waals surface area contributed by atoms with Crippen LogP contribution >= 0.6 is 0 Å². The number of piperidine rings is 2. The monoisotopic (exact) mass is 1210 g/mol. The number of methoxy groups -OCH3 is 3. The van der Waals surface area contributed by atoms with E-state index in [2.05, 4.69) is 10.2 Å². The van der Waals surface area contributed by atoms with E-state index in [1.165, 1.54) is 12.0 Å². The number of aliphatic hydroxyl groups excluding tert-OH is 2. The van der Waals surface area contributed by atoms with Crippen molar-refractivity contribution in [2.24, 2.45) is 41.4 Å². The average Bonchev–Trinajstić information content (AvgIpc) is 2.00. The minimum atomic E-state index is -2.45. The number of cyclic esters (lactones) is 1. The van der Waals surface area contributed by atoms with Crippen molar-refractivity contribution >= 4 is 35.3 Å². The maximum absolute atomic E-state index is 14.7. The normalized spacial score (nSPS) is 35.7. The molecule has 1 saturated carbocycles. The Morgan fingerprint density at radius 1 is 0.791 bits per heavy atom. The van der Waals surface area contributed by atoms with Crippen LogP contribution in [-0.4, -0.2) is 202 Å². The Bertz CT molecular complexity index is 2280. The first-order valence-electron chi connectivity index (χ1n) is 32.0. The molecule has 16 atom stereocenters. The van der Waals surface area contributed by atoms with Gasteiger partial charge in [0.25, 0.3) is 11.7 Å². The van der Waals surface area contributed by atoms with Crippen LogP contribution in [-0.2, 0) is 66.7 Å². The van der Waals surface area contributed by atoms with Crippen molar-refractivity contribution in [3.8, 4) is 0 Å². The van der Waals surface area contributed by atoms with E-state index in [0.717, 1.165) is 18.4 Å². The van der Waals surface area contributed by atoms with E-state index >= 15 is 0 Å². The van der Waals surface area contributed by atoms with Crippen LogP contribution in [0.25, 0.3) is 0 Å². The SMILES string of the molecule is CCOCCOCCNC(=O)CN1CCC(CC(=O)O[C@@H]2CC[C@@H](C[C@@H](C)[C@@H]3C[C@@H](O)[C@H](C)/C=C(\C)[C@@H](O)[C@@H](OC)C(=O)[C@H](C)C[C@H](C)/C=C/C=C/C=C(\C)[C@@H](OC)C[C@@H]4CC[C@@H](C)[C@@](O)(O4)C(=O)C(=O)N4CCCC[C@H]4C(=O)O3)C[C@H]2OC)CC1. The second-order valence-corrected chi connectivity index (χ2v) is 25.3. The number of nitrogens with one attached hydrogen (secondary N) is 1. The lowest BCUT2D eigenvalue weighted by atomic mass is 9.78. The number of hydrogen-bond donors (Lipinski definition) is 4. The highest BCUT2D eigenvalue weighted by Gasteiger charge is 2.53. The lowest BCUT2D eigenvalue weighted by Crippen LogP contribution is -2.61. The van der Waals surface area contributed by atoms with Crippen molar-refractivity contribution < 1.29 is 82.0 Å². The summed E-state index contributed by atoms with van der Waals surface area (Å²) in [4.78, 5) is 86.9. The highest BCUT2D eigenvalue weighted by molar-refractivity contribution is 6.39. The smallest absolute Gasteiger partial charge is 0.329 e. The number of rotatable bonds is 18. The van der Waals surface area contributed by atoms with Crippen molar-refractivity contribution in [3.63, 3.8) is 0 Å². The molecule has 3 saturated heterocycles. The summed E-state index contributed by atoms with van der Waals surface area (Å²) in [5.74, 6) is -7.91. The summed E-state index contributed by atoms with van der Waals surface area (Å²) in [5, 5.41) is 38.7. The van der Waals surface area contributed by atoms with Gasteiger partial charge in [-0.15, -0.1) is 0 Å². The highest BCUT2D eigenvalue weighted by Crippen LogP contribution is 2.39. The number of nitrogens with zero attached hydrogens (tertiary/aromatic N) is 2. The van der Waals surface area contributed by atoms with Crippen LogP contribution in [0.5, 0.6) is 0 Å². The van der Waals surface area contributed by atoms with E-state index in [1.54, 1.807) is 41.1 Å². The zero-order chi connectivity index (χ0) is 63.1. The third kappa shape index (κ3) is 21.8. The lowest BCUT2D eigenvalue weighted by molar-refractivity contribution is -0.265. The highest BCUT2D eigenvalue weighted by atomic mass is 16.6. The van der Waals surface area contributed by atoms with Gasteiger partial charge < -0.3 is 63.4 Å². The molecule has 4 fully saturated rings. The Balaban J connectivity index is 1.31. The molecule has 0 aromatic carbocycles. The number of aliphatic hydroxyl groups is 3. The Labute approximate surface area is 512 Å². The Kier molecular flexibility index (Phi) is 30.7. The minimum Gasteiger partial charge on any atom is -0.460 e. The topological polar surface area (TPSA) is 255 Å². The minimum absolute atomic E-state index is 0.00660. The molecule has 2 bridgehead atoms. The van der Waals surface area contributed by atoms with Gasteiger partial charge in [-0.25, -0.2) is 4.79 Å². The first kappa shape index (κ1) is 72.5. The van der Waals surface area contributed by atoms with Crippen molar-refractivity contribution in [1.29, 1.82) is 0 Å². The number of fused-ring (bicyclic) bond motifs is 3. The fraction of sp³-hybridized carbons (Fsp3) is 0.788. The fourth-order valence-corrected chi connectivity index (χ4v) is 13.1. The number of esters is 2. The average molecular weight is 1210 g/mol. The van der Waals surface area contributed by atoms with Gasteiger partial charge in [-0.1, -0.05) is 71.1 Å². The summed E-state index contributed by atoms with van der Waals surface area (Å²) in [6, 6.07) is -1.16. The summed E-state index contributed by atoms with van der Waals surface area (Å²) in [7, 11) is 4.57. The molecule has 488 valence electrons. The van der Waals surface area contributed by atoms with Crippen LogP contribution < -0.4 is 5.32 Å². The molecule has 4 aliphatic heterocycles. The van der Waals surface area contributed by atoms with Gasteiger partial charge >= 0.3 is 11.9 Å². The largest absolute Gasteiger partial charge is 0.460 e. The molecule has 0 aromatic heterocycles. The van der Waals surface area contributed by atoms with Gasteiger partial charge in [0.1, 0.15) is 30.5 Å². The standard InChI is InChI=1S/C66H107N3O17/c1-12-82-32-33-83-31-27-67-58(71)41-68-29-25-49(26-30-68)38-59(72)84-54-24-22-50(37-57(54)80-10)36-45(5)56-40-53(70)44(4)35-47(7)61(74)62(81-11)60(73)46(6)34-42(2)18-14-13-15-19-43(3)55(79-9)39-51-23-21-48(8)66(78,86-51)63(75)64(76)69-28-17-16-20-52(69)65(77)85-56/h13-15,18-19,35,42,44-46,48-57,61-62,70,74,78H,12,16-17,20-34,36-41H2,1-11H3,(H,67,71)/b15-13+,18-14+,43-19+,47-35+/t42-,44-,45-,46-,48-,50+,51+,52+,53-,54-,55+,56+,57-,61-,62+,66-/m1/s1. The zero-order valence-corrected chi connectivity index (χ0v) is 53.6. The molecule has 4 N–H and O–H groups in total. The molecule has 4 heterocycles. The third-order valence-electron chi connectivity index (χ3n) is 18.6. The molecule has 2 amide bonds. The number of hydrogen-bond acceptors (Lipinski definition) is 18. The second-order valence-electron chi connectivity index (χ2n) is 25.3.